The summed E-state index contributed by atoms with van der Waals surface area (Å²) in [5.41, 5.74) is 6.79. The van der Waals surface area contributed by atoms with Crippen molar-refractivity contribution in [2.24, 2.45) is 5.73 Å². The fourth-order valence-electron chi connectivity index (χ4n) is 2.64. The highest BCUT2D eigenvalue weighted by molar-refractivity contribution is 8.00. The topological polar surface area (TPSA) is 89.7 Å². The second-order valence-corrected chi connectivity index (χ2v) is 6.54. The summed E-state index contributed by atoms with van der Waals surface area (Å²) >= 11 is 1.48. The first-order valence-electron chi connectivity index (χ1n) is 7.12. The third-order valence-corrected chi connectivity index (χ3v) is 5.29. The molecule has 1 aromatic rings. The van der Waals surface area contributed by atoms with Gasteiger partial charge in [0.05, 0.1) is 0 Å². The normalized spacial score (nSPS) is 26.3. The van der Waals surface area contributed by atoms with E-state index < -0.39 is 18.1 Å². The molecule has 2 saturated heterocycles. The molecule has 0 bridgehead atoms. The largest absolute Gasteiger partial charge is 0.455 e. The summed E-state index contributed by atoms with van der Waals surface area (Å²) in [4.78, 5) is 37.6. The van der Waals surface area contributed by atoms with Crippen molar-refractivity contribution < 1.29 is 19.1 Å². The molecule has 0 aromatic heterocycles. The number of hydrogen-bond acceptors (Lipinski definition) is 6. The second kappa shape index (κ2) is 6.17. The van der Waals surface area contributed by atoms with Gasteiger partial charge in [-0.2, -0.15) is 0 Å². The van der Waals surface area contributed by atoms with Gasteiger partial charge in [0.1, 0.15) is 11.4 Å². The lowest BCUT2D eigenvalue weighted by Crippen LogP contribution is -2.73. The molecule has 23 heavy (non-hydrogen) atoms. The molecule has 2 N–H and O–H groups in total. The molecule has 2 aliphatic heterocycles. The molecule has 1 amide bonds. The number of carbonyl (C=O) groups is 3. The van der Waals surface area contributed by atoms with Crippen LogP contribution in [0.2, 0.25) is 0 Å². The van der Waals surface area contributed by atoms with E-state index in [2.05, 4.69) is 6.58 Å². The lowest BCUT2D eigenvalue weighted by Gasteiger charge is -2.51. The van der Waals surface area contributed by atoms with E-state index in [1.54, 1.807) is 30.3 Å². The van der Waals surface area contributed by atoms with Gasteiger partial charge < -0.3 is 15.4 Å². The number of fused-ring (bicyclic) bond motifs is 1. The number of hydrogen-bond donors (Lipinski definition) is 1. The molecule has 7 heteroatoms. The fraction of sp³-hybridized carbons (Fsp3) is 0.312. The number of Topliss-reactive ketones (excluding diaryl/α,β-unsaturated/α-hetero) is 1. The van der Waals surface area contributed by atoms with Gasteiger partial charge in [0.2, 0.25) is 5.91 Å². The Balaban J connectivity index is 1.64. The molecule has 0 spiro atoms. The third kappa shape index (κ3) is 2.77. The number of rotatable bonds is 4. The maximum atomic E-state index is 12.3. The smallest absolute Gasteiger partial charge is 0.333 e. The average Bonchev–Trinajstić information content (AvgIpc) is 2.59. The molecule has 120 valence electrons. The zero-order chi connectivity index (χ0) is 16.6. The Labute approximate surface area is 137 Å². The molecule has 2 heterocycles. The van der Waals surface area contributed by atoms with Crippen molar-refractivity contribution in [1.29, 1.82) is 0 Å². The molecular weight excluding hydrogens is 316 g/mol. The summed E-state index contributed by atoms with van der Waals surface area (Å²) < 4.78 is 5.11. The number of ether oxygens (including phenoxy) is 1. The van der Waals surface area contributed by atoms with E-state index in [4.69, 9.17) is 10.5 Å². The molecule has 2 unspecified atom stereocenters. The molecule has 1 aromatic carbocycles. The Hall–Kier alpha value is -2.12. The number of β-lactam (4-membered cyclic amide) rings is 1. The number of esters is 1. The van der Waals surface area contributed by atoms with Crippen LogP contribution in [-0.4, -0.2) is 52.4 Å². The van der Waals surface area contributed by atoms with Crippen molar-refractivity contribution in [2.75, 3.05) is 12.4 Å². The van der Waals surface area contributed by atoms with Gasteiger partial charge in [-0.3, -0.25) is 9.59 Å². The summed E-state index contributed by atoms with van der Waals surface area (Å²) in [5, 5.41) is -0.227. The molecule has 0 radical (unpaired) electrons. The lowest BCUT2D eigenvalue weighted by molar-refractivity contribution is -0.160. The zero-order valence-corrected chi connectivity index (χ0v) is 13.1. The van der Waals surface area contributed by atoms with Crippen molar-refractivity contribution in [3.05, 3.63) is 48.0 Å². The Morgan fingerprint density at radius 1 is 1.35 bits per heavy atom. The third-order valence-electron chi connectivity index (χ3n) is 3.89. The highest BCUT2D eigenvalue weighted by atomic mass is 32.2. The Morgan fingerprint density at radius 2 is 2.04 bits per heavy atom. The Kier molecular flexibility index (Phi) is 4.23. The Bertz CT molecular complexity index is 676. The van der Waals surface area contributed by atoms with Crippen LogP contribution in [0.15, 0.2) is 42.5 Å². The van der Waals surface area contributed by atoms with E-state index in [1.165, 1.54) is 16.7 Å². The van der Waals surface area contributed by atoms with Gasteiger partial charge >= 0.3 is 5.97 Å². The monoisotopic (exact) mass is 332 g/mol. The van der Waals surface area contributed by atoms with Crippen LogP contribution < -0.4 is 5.73 Å². The number of benzene rings is 1. The number of ketones is 1. The number of carbonyl (C=O) groups excluding carboxylic acids is 3. The molecule has 6 nitrogen and oxygen atoms in total. The van der Waals surface area contributed by atoms with E-state index in [0.717, 1.165) is 0 Å². The van der Waals surface area contributed by atoms with Gasteiger partial charge in [0, 0.05) is 11.3 Å². The minimum Gasteiger partial charge on any atom is -0.455 e. The van der Waals surface area contributed by atoms with E-state index in [0.29, 0.717) is 16.9 Å². The number of thioether (sulfide) groups is 1. The van der Waals surface area contributed by atoms with E-state index in [-0.39, 0.29) is 23.7 Å². The van der Waals surface area contributed by atoms with Crippen molar-refractivity contribution in [3.8, 4) is 0 Å². The van der Waals surface area contributed by atoms with Crippen LogP contribution in [0.25, 0.3) is 0 Å². The molecule has 3 rings (SSSR count). The molecule has 0 aliphatic carbocycles. The first-order valence-corrected chi connectivity index (χ1v) is 8.17. The van der Waals surface area contributed by atoms with Crippen molar-refractivity contribution in [1.82, 2.24) is 4.90 Å². The quantitative estimate of drug-likeness (QED) is 0.375. The highest BCUT2D eigenvalue weighted by Crippen LogP contribution is 2.39. The number of nitrogens with two attached hydrogens (primary N) is 1. The standard InChI is InChI=1S/C16H16N2O4S/c1-9-8-23-15-12(17)14(20)18(15)13(9)16(21)22-7-11(19)10-5-3-2-4-6-10/h2-6,12-13,15H,1,7-8,17H2/t12?,13?,15-/m1/s1. The van der Waals surface area contributed by atoms with Gasteiger partial charge in [-0.05, 0) is 5.57 Å². The van der Waals surface area contributed by atoms with E-state index in [1.807, 2.05) is 0 Å². The maximum absolute atomic E-state index is 12.3. The predicted molar refractivity (Wildman–Crippen MR) is 85.7 cm³/mol. The summed E-state index contributed by atoms with van der Waals surface area (Å²) in [6.45, 7) is 3.48. The first kappa shape index (κ1) is 15.8. The van der Waals surface area contributed by atoms with Crippen molar-refractivity contribution in [2.45, 2.75) is 17.5 Å². The average molecular weight is 332 g/mol. The first-order chi connectivity index (χ1) is 11.0. The van der Waals surface area contributed by atoms with Crippen LogP contribution >= 0.6 is 11.8 Å². The maximum Gasteiger partial charge on any atom is 0.333 e. The van der Waals surface area contributed by atoms with Gasteiger partial charge in [0.15, 0.2) is 18.4 Å². The van der Waals surface area contributed by atoms with Gasteiger partial charge in [-0.25, -0.2) is 4.79 Å². The molecule has 2 fully saturated rings. The van der Waals surface area contributed by atoms with Crippen LogP contribution in [0.5, 0.6) is 0 Å². The molecule has 3 atom stereocenters. The van der Waals surface area contributed by atoms with Crippen LogP contribution in [0.3, 0.4) is 0 Å². The van der Waals surface area contributed by atoms with E-state index >= 15 is 0 Å². The summed E-state index contributed by atoms with van der Waals surface area (Å²) in [5.74, 6) is -0.684. The minimum atomic E-state index is -0.850. The van der Waals surface area contributed by atoms with Crippen molar-refractivity contribution in [3.63, 3.8) is 0 Å². The van der Waals surface area contributed by atoms with Crippen LogP contribution in [0.4, 0.5) is 0 Å². The fourth-order valence-corrected chi connectivity index (χ4v) is 3.89. The van der Waals surface area contributed by atoms with E-state index in [9.17, 15) is 14.4 Å². The van der Waals surface area contributed by atoms with Gasteiger partial charge in [-0.1, -0.05) is 36.9 Å². The van der Waals surface area contributed by atoms with Crippen LogP contribution in [-0.2, 0) is 14.3 Å². The summed E-state index contributed by atoms with van der Waals surface area (Å²) in [6, 6.07) is 7.14. The van der Waals surface area contributed by atoms with Crippen LogP contribution in [0.1, 0.15) is 10.4 Å². The molecule has 2 aliphatic rings. The van der Waals surface area contributed by atoms with Crippen LogP contribution in [0, 0.1) is 0 Å². The lowest BCUT2D eigenvalue weighted by atomic mass is 9.99. The second-order valence-electron chi connectivity index (χ2n) is 5.43. The van der Waals surface area contributed by atoms with Crippen molar-refractivity contribution >= 4 is 29.4 Å². The number of amides is 1. The predicted octanol–water partition coefficient (Wildman–Crippen LogP) is 0.580. The number of nitrogens with zero attached hydrogens (tertiary/aromatic N) is 1. The van der Waals surface area contributed by atoms with Gasteiger partial charge in [-0.15, -0.1) is 11.8 Å². The summed E-state index contributed by atoms with van der Waals surface area (Å²) in [6.07, 6.45) is 0. The Morgan fingerprint density at radius 3 is 2.74 bits per heavy atom. The summed E-state index contributed by atoms with van der Waals surface area (Å²) in [7, 11) is 0. The molecular formula is C16H16N2O4S. The van der Waals surface area contributed by atoms with Gasteiger partial charge in [0.25, 0.3) is 0 Å². The zero-order valence-electron chi connectivity index (χ0n) is 12.3. The molecule has 0 saturated carbocycles. The highest BCUT2D eigenvalue weighted by Gasteiger charge is 2.54. The SMILES string of the molecule is C=C1CS[C@@H]2C(N)C(=O)N2C1C(=O)OCC(=O)c1ccccc1. The minimum absolute atomic E-state index is 0.227.